The minimum absolute atomic E-state index is 0.00505. The van der Waals surface area contributed by atoms with E-state index in [0.717, 1.165) is 11.3 Å². The van der Waals surface area contributed by atoms with E-state index < -0.39 is 0 Å². The zero-order chi connectivity index (χ0) is 18.1. The fourth-order valence-corrected chi connectivity index (χ4v) is 3.08. The first-order valence-electron chi connectivity index (χ1n) is 8.28. The van der Waals surface area contributed by atoms with Gasteiger partial charge in [0.2, 0.25) is 17.2 Å². The zero-order valence-electron chi connectivity index (χ0n) is 13.9. The van der Waals surface area contributed by atoms with Gasteiger partial charge in [0.05, 0.1) is 11.7 Å². The van der Waals surface area contributed by atoms with Gasteiger partial charge in [-0.25, -0.2) is 0 Å². The second-order valence-electron chi connectivity index (χ2n) is 6.15. The SMILES string of the molecule is O=C(Cn1ncc(=O)c2ccccc21)Nc1ccc2c(c1)CCC(=O)N2. The molecule has 0 radical (unpaired) electrons. The number of carbonyl (C=O) groups is 2. The Morgan fingerprint density at radius 1 is 1.15 bits per heavy atom. The van der Waals surface area contributed by atoms with Gasteiger partial charge >= 0.3 is 0 Å². The number of nitrogens with zero attached hydrogens (tertiary/aromatic N) is 2. The first-order valence-corrected chi connectivity index (χ1v) is 8.28. The first kappa shape index (κ1) is 16.0. The molecule has 2 aromatic carbocycles. The van der Waals surface area contributed by atoms with E-state index in [1.54, 1.807) is 36.4 Å². The molecule has 1 aliphatic heterocycles. The molecule has 1 aromatic heterocycles. The molecule has 3 aromatic rings. The van der Waals surface area contributed by atoms with Gasteiger partial charge in [-0.3, -0.25) is 19.1 Å². The van der Waals surface area contributed by atoms with Crippen molar-refractivity contribution in [1.82, 2.24) is 9.78 Å². The van der Waals surface area contributed by atoms with Crippen LogP contribution in [0.1, 0.15) is 12.0 Å². The Bertz CT molecular complexity index is 1090. The lowest BCUT2D eigenvalue weighted by molar-refractivity contribution is -0.117. The number of aryl methyl sites for hydroxylation is 1. The number of para-hydroxylation sites is 1. The van der Waals surface area contributed by atoms with Gasteiger partial charge in [0.25, 0.3) is 0 Å². The van der Waals surface area contributed by atoms with E-state index in [0.29, 0.717) is 29.4 Å². The van der Waals surface area contributed by atoms with Crippen molar-refractivity contribution in [3.8, 4) is 0 Å². The van der Waals surface area contributed by atoms with E-state index >= 15 is 0 Å². The molecule has 7 heteroatoms. The number of nitrogens with one attached hydrogen (secondary N) is 2. The number of rotatable bonds is 3. The molecule has 0 unspecified atom stereocenters. The van der Waals surface area contributed by atoms with Crippen molar-refractivity contribution in [3.05, 3.63) is 64.4 Å². The van der Waals surface area contributed by atoms with Gasteiger partial charge in [-0.2, -0.15) is 5.10 Å². The fourth-order valence-electron chi connectivity index (χ4n) is 3.08. The van der Waals surface area contributed by atoms with Crippen molar-refractivity contribution in [3.63, 3.8) is 0 Å². The van der Waals surface area contributed by atoms with Crippen molar-refractivity contribution in [1.29, 1.82) is 0 Å². The molecule has 4 rings (SSSR count). The Labute approximate surface area is 148 Å². The number of carbonyl (C=O) groups excluding carboxylic acids is 2. The van der Waals surface area contributed by atoms with Crippen LogP contribution in [0.3, 0.4) is 0 Å². The second kappa shape index (κ2) is 6.44. The highest BCUT2D eigenvalue weighted by Gasteiger charge is 2.15. The van der Waals surface area contributed by atoms with E-state index in [-0.39, 0.29) is 23.8 Å². The highest BCUT2D eigenvalue weighted by Crippen LogP contribution is 2.25. The summed E-state index contributed by atoms with van der Waals surface area (Å²) < 4.78 is 1.50. The van der Waals surface area contributed by atoms with Crippen LogP contribution in [0.4, 0.5) is 11.4 Å². The Morgan fingerprint density at radius 3 is 2.88 bits per heavy atom. The van der Waals surface area contributed by atoms with Crippen LogP contribution >= 0.6 is 0 Å². The van der Waals surface area contributed by atoms with E-state index in [9.17, 15) is 14.4 Å². The van der Waals surface area contributed by atoms with Crippen LogP contribution in [-0.4, -0.2) is 21.6 Å². The highest BCUT2D eigenvalue weighted by molar-refractivity contribution is 5.96. The van der Waals surface area contributed by atoms with Gasteiger partial charge < -0.3 is 10.6 Å². The largest absolute Gasteiger partial charge is 0.326 e. The monoisotopic (exact) mass is 348 g/mol. The number of fused-ring (bicyclic) bond motifs is 2. The molecule has 0 saturated heterocycles. The van der Waals surface area contributed by atoms with Crippen LogP contribution in [0.5, 0.6) is 0 Å². The highest BCUT2D eigenvalue weighted by atomic mass is 16.2. The van der Waals surface area contributed by atoms with Crippen molar-refractivity contribution in [2.45, 2.75) is 19.4 Å². The first-order chi connectivity index (χ1) is 12.6. The normalized spacial score (nSPS) is 13.2. The number of amides is 2. The summed E-state index contributed by atoms with van der Waals surface area (Å²) in [5.41, 5.74) is 2.88. The standard InChI is InChI=1S/C19H16N4O3/c24-17-10-20-23(16-4-2-1-3-14(16)17)11-19(26)21-13-6-7-15-12(9-13)5-8-18(25)22-15/h1-4,6-7,9-10H,5,8,11H2,(H,21,26)(H,22,25). The Morgan fingerprint density at radius 2 is 2.00 bits per heavy atom. The predicted molar refractivity (Wildman–Crippen MR) is 98.0 cm³/mol. The van der Waals surface area contributed by atoms with Crippen LogP contribution in [0.25, 0.3) is 10.9 Å². The third-order valence-electron chi connectivity index (χ3n) is 4.34. The Hall–Kier alpha value is -3.48. The minimum Gasteiger partial charge on any atom is -0.326 e. The summed E-state index contributed by atoms with van der Waals surface area (Å²) in [5.74, 6) is -0.239. The average Bonchev–Trinajstić information content (AvgIpc) is 2.64. The predicted octanol–water partition coefficient (Wildman–Crippen LogP) is 1.92. The molecule has 0 fully saturated rings. The number of anilines is 2. The van der Waals surface area contributed by atoms with Gasteiger partial charge in [-0.1, -0.05) is 12.1 Å². The Kier molecular flexibility index (Phi) is 3.96. The van der Waals surface area contributed by atoms with Gasteiger partial charge in [0.15, 0.2) is 0 Å². The van der Waals surface area contributed by atoms with E-state index in [1.807, 2.05) is 6.07 Å². The minimum atomic E-state index is -0.244. The molecule has 0 aliphatic carbocycles. The molecule has 26 heavy (non-hydrogen) atoms. The summed E-state index contributed by atoms with van der Waals surface area (Å²) >= 11 is 0. The van der Waals surface area contributed by atoms with Gasteiger partial charge in [-0.15, -0.1) is 0 Å². The van der Waals surface area contributed by atoms with Crippen molar-refractivity contribution in [2.75, 3.05) is 10.6 Å². The van der Waals surface area contributed by atoms with E-state index in [2.05, 4.69) is 15.7 Å². The molecule has 0 saturated carbocycles. The molecule has 130 valence electrons. The zero-order valence-corrected chi connectivity index (χ0v) is 13.9. The summed E-state index contributed by atoms with van der Waals surface area (Å²) in [6, 6.07) is 12.5. The van der Waals surface area contributed by atoms with Crippen LogP contribution in [0, 0.1) is 0 Å². The number of hydrogen-bond acceptors (Lipinski definition) is 4. The molecular weight excluding hydrogens is 332 g/mol. The van der Waals surface area contributed by atoms with Crippen LogP contribution in [0.2, 0.25) is 0 Å². The smallest absolute Gasteiger partial charge is 0.246 e. The van der Waals surface area contributed by atoms with Gasteiger partial charge in [-0.05, 0) is 42.3 Å². The summed E-state index contributed by atoms with van der Waals surface area (Å²) in [5, 5.41) is 10.2. The molecule has 1 aliphatic rings. The lowest BCUT2D eigenvalue weighted by Crippen LogP contribution is -2.23. The average molecular weight is 348 g/mol. The second-order valence-corrected chi connectivity index (χ2v) is 6.15. The Balaban J connectivity index is 1.54. The maximum atomic E-state index is 12.4. The molecule has 0 spiro atoms. The van der Waals surface area contributed by atoms with Crippen LogP contribution < -0.4 is 16.1 Å². The lowest BCUT2D eigenvalue weighted by Gasteiger charge is -2.18. The van der Waals surface area contributed by atoms with Crippen molar-refractivity contribution < 1.29 is 9.59 Å². The van der Waals surface area contributed by atoms with Crippen LogP contribution in [-0.2, 0) is 22.6 Å². The number of hydrogen-bond donors (Lipinski definition) is 2. The fraction of sp³-hybridized carbons (Fsp3) is 0.158. The molecule has 7 nitrogen and oxygen atoms in total. The summed E-state index contributed by atoms with van der Waals surface area (Å²) in [6.07, 6.45) is 2.31. The lowest BCUT2D eigenvalue weighted by atomic mass is 10.0. The van der Waals surface area contributed by atoms with E-state index in [4.69, 9.17) is 0 Å². The van der Waals surface area contributed by atoms with E-state index in [1.165, 1.54) is 10.9 Å². The molecule has 0 bridgehead atoms. The van der Waals surface area contributed by atoms with Crippen molar-refractivity contribution in [2.24, 2.45) is 0 Å². The maximum absolute atomic E-state index is 12.4. The summed E-state index contributed by atoms with van der Waals surface area (Å²) in [6.45, 7) is -0.00534. The molecular formula is C19H16N4O3. The third kappa shape index (κ3) is 3.06. The molecule has 2 N–H and O–H groups in total. The summed E-state index contributed by atoms with van der Waals surface area (Å²) in [4.78, 5) is 35.7. The van der Waals surface area contributed by atoms with Gasteiger partial charge in [0.1, 0.15) is 6.54 Å². The molecule has 2 amide bonds. The molecule has 0 atom stereocenters. The van der Waals surface area contributed by atoms with Crippen molar-refractivity contribution >= 4 is 34.1 Å². The summed E-state index contributed by atoms with van der Waals surface area (Å²) in [7, 11) is 0. The number of aromatic nitrogens is 2. The molecule has 2 heterocycles. The van der Waals surface area contributed by atoms with Gasteiger partial charge in [0, 0.05) is 23.2 Å². The topological polar surface area (TPSA) is 93.1 Å². The van der Waals surface area contributed by atoms with Crippen LogP contribution in [0.15, 0.2) is 53.5 Å². The third-order valence-corrected chi connectivity index (χ3v) is 4.34. The maximum Gasteiger partial charge on any atom is 0.246 e. The quantitative estimate of drug-likeness (QED) is 0.756. The number of benzene rings is 2.